The molecule has 1 unspecified atom stereocenters. The molecule has 0 aromatic heterocycles. The second kappa shape index (κ2) is 9.70. The third-order valence-electron chi connectivity index (χ3n) is 5.95. The lowest BCUT2D eigenvalue weighted by atomic mass is 9.89. The highest BCUT2D eigenvalue weighted by Crippen LogP contribution is 2.25. The summed E-state index contributed by atoms with van der Waals surface area (Å²) in [6.07, 6.45) is 2.56. The van der Waals surface area contributed by atoms with Crippen LogP contribution in [0.15, 0.2) is 54.6 Å². The highest BCUT2D eigenvalue weighted by Gasteiger charge is 2.25. The van der Waals surface area contributed by atoms with Gasteiger partial charge >= 0.3 is 6.03 Å². The molecule has 154 valence electrons. The third-order valence-corrected chi connectivity index (χ3v) is 5.95. The van der Waals surface area contributed by atoms with Crippen molar-refractivity contribution in [3.05, 3.63) is 65.7 Å². The zero-order valence-electron chi connectivity index (χ0n) is 17.4. The van der Waals surface area contributed by atoms with E-state index in [2.05, 4.69) is 31.0 Å². The molecule has 29 heavy (non-hydrogen) atoms. The molecule has 0 bridgehead atoms. The number of nitrogens with two attached hydrogens (primary N) is 1. The van der Waals surface area contributed by atoms with Crippen molar-refractivity contribution in [3.8, 4) is 0 Å². The lowest BCUT2D eigenvalue weighted by Crippen LogP contribution is -2.37. The van der Waals surface area contributed by atoms with Gasteiger partial charge in [0, 0.05) is 23.7 Å². The molecule has 2 aromatic carbocycles. The van der Waals surface area contributed by atoms with Crippen LogP contribution in [0.5, 0.6) is 0 Å². The molecule has 1 fully saturated rings. The van der Waals surface area contributed by atoms with Gasteiger partial charge in [-0.25, -0.2) is 4.79 Å². The molecule has 5 heteroatoms. The Morgan fingerprint density at radius 3 is 2.45 bits per heavy atom. The fourth-order valence-corrected chi connectivity index (χ4v) is 3.97. The minimum atomic E-state index is -0.492. The summed E-state index contributed by atoms with van der Waals surface area (Å²) < 4.78 is 0. The molecule has 0 saturated carbocycles. The Balaban J connectivity index is 1.70. The number of anilines is 1. The van der Waals surface area contributed by atoms with E-state index in [1.807, 2.05) is 42.5 Å². The number of carbonyl (C=O) groups is 2. The minimum Gasteiger partial charge on any atom is -0.351 e. The highest BCUT2D eigenvalue weighted by atomic mass is 16.2. The monoisotopic (exact) mass is 393 g/mol. The second-order valence-electron chi connectivity index (χ2n) is 8.08. The summed E-state index contributed by atoms with van der Waals surface area (Å²) in [5.74, 6) is 0.533. The van der Waals surface area contributed by atoms with Crippen LogP contribution in [0.4, 0.5) is 10.5 Å². The minimum absolute atomic E-state index is 0.0570. The molecule has 5 nitrogen and oxygen atoms in total. The van der Waals surface area contributed by atoms with Crippen molar-refractivity contribution in [2.45, 2.75) is 32.1 Å². The van der Waals surface area contributed by atoms with E-state index in [1.165, 1.54) is 5.56 Å². The van der Waals surface area contributed by atoms with Gasteiger partial charge < -0.3 is 10.6 Å². The number of benzene rings is 2. The molecule has 2 aromatic rings. The molecular formula is C24H31N3O2. The Bertz CT molecular complexity index is 829. The summed E-state index contributed by atoms with van der Waals surface area (Å²) in [6, 6.07) is 17.1. The van der Waals surface area contributed by atoms with E-state index < -0.39 is 6.03 Å². The van der Waals surface area contributed by atoms with Gasteiger partial charge in [0.15, 0.2) is 5.78 Å². The number of piperidine rings is 1. The van der Waals surface area contributed by atoms with Gasteiger partial charge in [0.2, 0.25) is 0 Å². The molecule has 1 atom stereocenters. The molecule has 3 rings (SSSR count). The van der Waals surface area contributed by atoms with Gasteiger partial charge in [0.1, 0.15) is 0 Å². The van der Waals surface area contributed by atoms with Crippen LogP contribution in [0.1, 0.15) is 48.0 Å². The van der Waals surface area contributed by atoms with E-state index in [4.69, 9.17) is 5.73 Å². The molecule has 1 saturated heterocycles. The van der Waals surface area contributed by atoms with Crippen molar-refractivity contribution in [1.82, 2.24) is 4.90 Å². The lowest BCUT2D eigenvalue weighted by molar-refractivity contribution is 0.0857. The first-order chi connectivity index (χ1) is 14.0. The largest absolute Gasteiger partial charge is 0.351 e. The number of Topliss-reactive ketones (excluding diaryl/α,β-unsaturated/α-hetero) is 1. The summed E-state index contributed by atoms with van der Waals surface area (Å²) in [5.41, 5.74) is 8.27. The molecule has 0 spiro atoms. The predicted molar refractivity (Wildman–Crippen MR) is 117 cm³/mol. The summed E-state index contributed by atoms with van der Waals surface area (Å²) >= 11 is 0. The van der Waals surface area contributed by atoms with Gasteiger partial charge in [-0.15, -0.1) is 0 Å². The highest BCUT2D eigenvalue weighted by molar-refractivity contribution is 6.00. The molecule has 2 N–H and O–H groups in total. The van der Waals surface area contributed by atoms with Crippen molar-refractivity contribution in [2.24, 2.45) is 11.7 Å². The fraction of sp³-hybridized carbons (Fsp3) is 0.417. The van der Waals surface area contributed by atoms with Gasteiger partial charge in [-0.2, -0.15) is 0 Å². The normalized spacial score (nSPS) is 16.3. The zero-order chi connectivity index (χ0) is 20.8. The van der Waals surface area contributed by atoms with Crippen molar-refractivity contribution < 1.29 is 9.59 Å². The Labute approximate surface area is 173 Å². The molecular weight excluding hydrogens is 362 g/mol. The predicted octanol–water partition coefficient (Wildman–Crippen LogP) is 4.29. The number of rotatable bonds is 7. The van der Waals surface area contributed by atoms with Crippen LogP contribution in [0.25, 0.3) is 0 Å². The first-order valence-electron chi connectivity index (χ1n) is 10.4. The Morgan fingerprint density at radius 2 is 1.79 bits per heavy atom. The molecule has 1 aliphatic heterocycles. The number of amides is 2. The van der Waals surface area contributed by atoms with Crippen molar-refractivity contribution in [1.29, 1.82) is 0 Å². The first kappa shape index (κ1) is 21.1. The number of hydrogen-bond acceptors (Lipinski definition) is 3. The van der Waals surface area contributed by atoms with Crippen LogP contribution < -0.4 is 10.6 Å². The van der Waals surface area contributed by atoms with Crippen LogP contribution >= 0.6 is 0 Å². The van der Waals surface area contributed by atoms with E-state index in [1.54, 1.807) is 4.90 Å². The standard InChI is InChI=1S/C24H31N3O2/c1-18(19-7-4-3-5-8-19)11-16-27(24(25)29)22-10-6-9-21(17-22)23(28)20-12-14-26(2)15-13-20/h3-10,17-18,20H,11-16H2,1-2H3,(H2,25,29). The zero-order valence-corrected chi connectivity index (χ0v) is 17.4. The molecule has 2 amide bonds. The van der Waals surface area contributed by atoms with Gasteiger partial charge in [0.25, 0.3) is 0 Å². The maximum Gasteiger partial charge on any atom is 0.319 e. The van der Waals surface area contributed by atoms with Crippen molar-refractivity contribution in [2.75, 3.05) is 31.6 Å². The Hall–Kier alpha value is -2.66. The smallest absolute Gasteiger partial charge is 0.319 e. The van der Waals surface area contributed by atoms with Gasteiger partial charge in [0.05, 0.1) is 0 Å². The number of nitrogens with zero attached hydrogens (tertiary/aromatic N) is 2. The van der Waals surface area contributed by atoms with Gasteiger partial charge in [-0.3, -0.25) is 9.69 Å². The number of urea groups is 1. The second-order valence-corrected chi connectivity index (χ2v) is 8.08. The maximum atomic E-state index is 12.9. The van der Waals surface area contributed by atoms with E-state index in [-0.39, 0.29) is 11.7 Å². The van der Waals surface area contributed by atoms with Crippen molar-refractivity contribution >= 4 is 17.5 Å². The molecule has 1 aliphatic rings. The first-order valence-corrected chi connectivity index (χ1v) is 10.4. The fourth-order valence-electron chi connectivity index (χ4n) is 3.97. The van der Waals surface area contributed by atoms with Gasteiger partial charge in [-0.1, -0.05) is 49.4 Å². The van der Waals surface area contributed by atoms with Crippen LogP contribution in [0.2, 0.25) is 0 Å². The average molecular weight is 394 g/mol. The summed E-state index contributed by atoms with van der Waals surface area (Å²) in [5, 5.41) is 0. The van der Waals surface area contributed by atoms with E-state index >= 15 is 0 Å². The van der Waals surface area contributed by atoms with Crippen LogP contribution in [0, 0.1) is 5.92 Å². The molecule has 1 heterocycles. The third kappa shape index (κ3) is 5.45. The number of ketones is 1. The lowest BCUT2D eigenvalue weighted by Gasteiger charge is -2.28. The SMILES string of the molecule is CC(CCN(C(N)=O)c1cccc(C(=O)C2CCN(C)CC2)c1)c1ccccc1. The Morgan fingerprint density at radius 1 is 1.10 bits per heavy atom. The number of hydrogen-bond donors (Lipinski definition) is 1. The number of primary amides is 1. The van der Waals surface area contributed by atoms with Crippen LogP contribution in [-0.2, 0) is 0 Å². The van der Waals surface area contributed by atoms with E-state index in [0.717, 1.165) is 32.4 Å². The van der Waals surface area contributed by atoms with E-state index in [9.17, 15) is 9.59 Å². The molecule has 0 radical (unpaired) electrons. The molecule has 0 aliphatic carbocycles. The Kier molecular flexibility index (Phi) is 7.04. The van der Waals surface area contributed by atoms with Crippen LogP contribution in [-0.4, -0.2) is 43.4 Å². The van der Waals surface area contributed by atoms with Crippen molar-refractivity contribution in [3.63, 3.8) is 0 Å². The topological polar surface area (TPSA) is 66.6 Å². The summed E-state index contributed by atoms with van der Waals surface area (Å²) in [7, 11) is 2.09. The summed E-state index contributed by atoms with van der Waals surface area (Å²) in [6.45, 7) is 4.55. The van der Waals surface area contributed by atoms with E-state index in [0.29, 0.717) is 23.7 Å². The van der Waals surface area contributed by atoms with Gasteiger partial charge in [-0.05, 0) is 63.0 Å². The maximum absolute atomic E-state index is 12.9. The number of carbonyl (C=O) groups excluding carboxylic acids is 2. The van der Waals surface area contributed by atoms with Crippen LogP contribution in [0.3, 0.4) is 0 Å². The quantitative estimate of drug-likeness (QED) is 0.714. The summed E-state index contributed by atoms with van der Waals surface area (Å²) in [4.78, 5) is 28.9. The number of likely N-dealkylation sites (tertiary alicyclic amines) is 1. The average Bonchev–Trinajstić information content (AvgIpc) is 2.74.